The molecular formula is C22H38O. The second-order valence-electron chi connectivity index (χ2n) is 9.08. The molecule has 0 spiro atoms. The lowest BCUT2D eigenvalue weighted by Crippen LogP contribution is -2.34. The van der Waals surface area contributed by atoms with Gasteiger partial charge >= 0.3 is 0 Å². The molecule has 4 atom stereocenters. The van der Waals surface area contributed by atoms with Crippen molar-refractivity contribution in [1.29, 1.82) is 0 Å². The van der Waals surface area contributed by atoms with Gasteiger partial charge in [-0.15, -0.1) is 0 Å². The Balaban J connectivity index is 1.41. The highest BCUT2D eigenvalue weighted by atomic mass is 16.1. The van der Waals surface area contributed by atoms with Gasteiger partial charge < -0.3 is 4.79 Å². The van der Waals surface area contributed by atoms with Crippen LogP contribution in [0.25, 0.3) is 0 Å². The maximum absolute atomic E-state index is 11.1. The minimum absolute atomic E-state index is 0.395. The van der Waals surface area contributed by atoms with Crippen LogP contribution in [0.5, 0.6) is 0 Å². The molecular weight excluding hydrogens is 280 g/mol. The highest BCUT2D eigenvalue weighted by Crippen LogP contribution is 2.49. The van der Waals surface area contributed by atoms with Crippen LogP contribution >= 0.6 is 0 Å². The molecule has 0 aromatic rings. The van der Waals surface area contributed by atoms with E-state index in [0.29, 0.717) is 5.92 Å². The van der Waals surface area contributed by atoms with E-state index in [0.717, 1.165) is 29.6 Å². The lowest BCUT2D eigenvalue weighted by atomic mass is 9.61. The fourth-order valence-corrected chi connectivity index (χ4v) is 6.14. The summed E-state index contributed by atoms with van der Waals surface area (Å²) >= 11 is 0. The standard InChI is InChI=1S/C22H38O/c1-2-3-4-5-17-6-9-19(10-7-17)21-13-12-20-14-18(16-23)8-11-22(20)15-21/h16-22H,2-15H2,1H3. The van der Waals surface area contributed by atoms with E-state index in [-0.39, 0.29) is 0 Å². The van der Waals surface area contributed by atoms with Gasteiger partial charge in [-0.3, -0.25) is 0 Å². The number of hydrogen-bond donors (Lipinski definition) is 0. The van der Waals surface area contributed by atoms with Crippen molar-refractivity contribution in [3.63, 3.8) is 0 Å². The zero-order valence-corrected chi connectivity index (χ0v) is 15.3. The van der Waals surface area contributed by atoms with E-state index < -0.39 is 0 Å². The van der Waals surface area contributed by atoms with Crippen LogP contribution in [0.2, 0.25) is 0 Å². The largest absolute Gasteiger partial charge is 0.303 e. The minimum Gasteiger partial charge on any atom is -0.303 e. The SMILES string of the molecule is CCCCCC1CCC(C2CCC3CC(C=O)CCC3C2)CC1. The molecule has 0 N–H and O–H groups in total. The highest BCUT2D eigenvalue weighted by molar-refractivity contribution is 5.53. The van der Waals surface area contributed by atoms with Gasteiger partial charge in [0.1, 0.15) is 6.29 Å². The fraction of sp³-hybridized carbons (Fsp3) is 0.955. The van der Waals surface area contributed by atoms with Crippen molar-refractivity contribution in [3.05, 3.63) is 0 Å². The quantitative estimate of drug-likeness (QED) is 0.409. The van der Waals surface area contributed by atoms with Crippen LogP contribution in [-0.4, -0.2) is 6.29 Å². The van der Waals surface area contributed by atoms with Gasteiger partial charge in [-0.1, -0.05) is 45.4 Å². The number of unbranched alkanes of at least 4 members (excludes halogenated alkanes) is 2. The topological polar surface area (TPSA) is 17.1 Å². The predicted octanol–water partition coefficient (Wildman–Crippen LogP) is 6.40. The van der Waals surface area contributed by atoms with E-state index in [4.69, 9.17) is 0 Å². The molecule has 3 aliphatic rings. The molecule has 23 heavy (non-hydrogen) atoms. The Bertz CT molecular complexity index is 355. The zero-order chi connectivity index (χ0) is 16.1. The summed E-state index contributed by atoms with van der Waals surface area (Å²) in [6, 6.07) is 0. The zero-order valence-electron chi connectivity index (χ0n) is 15.3. The molecule has 0 radical (unpaired) electrons. The first kappa shape index (κ1) is 17.5. The fourth-order valence-electron chi connectivity index (χ4n) is 6.14. The van der Waals surface area contributed by atoms with Crippen LogP contribution < -0.4 is 0 Å². The summed E-state index contributed by atoms with van der Waals surface area (Å²) in [5, 5.41) is 0. The molecule has 3 fully saturated rings. The number of carbonyl (C=O) groups is 1. The Hall–Kier alpha value is -0.330. The first-order valence-electron chi connectivity index (χ1n) is 10.8. The molecule has 132 valence electrons. The molecule has 0 amide bonds. The van der Waals surface area contributed by atoms with Gasteiger partial charge in [-0.05, 0) is 81.0 Å². The normalized spacial score (nSPS) is 41.3. The first-order chi connectivity index (χ1) is 11.3. The molecule has 0 saturated heterocycles. The van der Waals surface area contributed by atoms with Crippen molar-refractivity contribution in [1.82, 2.24) is 0 Å². The van der Waals surface area contributed by atoms with Crippen LogP contribution in [0, 0.1) is 35.5 Å². The molecule has 0 aromatic heterocycles. The summed E-state index contributed by atoms with van der Waals surface area (Å²) in [6.07, 6.45) is 21.2. The molecule has 3 aliphatic carbocycles. The smallest absolute Gasteiger partial charge is 0.123 e. The molecule has 4 unspecified atom stereocenters. The van der Waals surface area contributed by atoms with Crippen molar-refractivity contribution < 1.29 is 4.79 Å². The predicted molar refractivity (Wildman–Crippen MR) is 97.3 cm³/mol. The molecule has 0 aliphatic heterocycles. The molecule has 0 heterocycles. The van der Waals surface area contributed by atoms with Crippen molar-refractivity contribution in [2.45, 2.75) is 96.8 Å². The Morgan fingerprint density at radius 2 is 1.35 bits per heavy atom. The third-order valence-electron chi connectivity index (χ3n) is 7.66. The van der Waals surface area contributed by atoms with Gasteiger partial charge in [-0.2, -0.15) is 0 Å². The maximum Gasteiger partial charge on any atom is 0.123 e. The van der Waals surface area contributed by atoms with E-state index >= 15 is 0 Å². The summed E-state index contributed by atoms with van der Waals surface area (Å²) in [7, 11) is 0. The molecule has 3 saturated carbocycles. The van der Waals surface area contributed by atoms with Crippen molar-refractivity contribution in [2.75, 3.05) is 0 Å². The Labute approximate surface area is 144 Å². The summed E-state index contributed by atoms with van der Waals surface area (Å²) in [5.41, 5.74) is 0. The van der Waals surface area contributed by atoms with Crippen LogP contribution in [0.1, 0.15) is 96.8 Å². The summed E-state index contributed by atoms with van der Waals surface area (Å²) in [5.74, 6) is 5.37. The highest BCUT2D eigenvalue weighted by Gasteiger charge is 2.38. The summed E-state index contributed by atoms with van der Waals surface area (Å²) < 4.78 is 0. The lowest BCUT2D eigenvalue weighted by molar-refractivity contribution is -0.113. The van der Waals surface area contributed by atoms with Crippen molar-refractivity contribution >= 4 is 6.29 Å². The number of hydrogen-bond acceptors (Lipinski definition) is 1. The van der Waals surface area contributed by atoms with E-state index in [1.807, 2.05) is 0 Å². The molecule has 1 heteroatoms. The second-order valence-corrected chi connectivity index (χ2v) is 9.08. The Kier molecular flexibility index (Phi) is 6.60. The average Bonchev–Trinajstić information content (AvgIpc) is 2.61. The third kappa shape index (κ3) is 4.60. The Morgan fingerprint density at radius 3 is 2.04 bits per heavy atom. The molecule has 1 nitrogen and oxygen atoms in total. The molecule has 0 aromatic carbocycles. The van der Waals surface area contributed by atoms with Crippen LogP contribution in [0.15, 0.2) is 0 Å². The number of fused-ring (bicyclic) bond motifs is 1. The molecule has 3 rings (SSSR count). The lowest BCUT2D eigenvalue weighted by Gasteiger charge is -2.44. The van der Waals surface area contributed by atoms with Crippen LogP contribution in [-0.2, 0) is 4.79 Å². The summed E-state index contributed by atoms with van der Waals surface area (Å²) in [6.45, 7) is 2.32. The second kappa shape index (κ2) is 8.67. The monoisotopic (exact) mass is 318 g/mol. The van der Waals surface area contributed by atoms with Gasteiger partial charge in [0.05, 0.1) is 0 Å². The van der Waals surface area contributed by atoms with E-state index in [1.165, 1.54) is 96.2 Å². The Morgan fingerprint density at radius 1 is 0.739 bits per heavy atom. The molecule has 0 bridgehead atoms. The summed E-state index contributed by atoms with van der Waals surface area (Å²) in [4.78, 5) is 11.1. The van der Waals surface area contributed by atoms with Crippen LogP contribution in [0.3, 0.4) is 0 Å². The third-order valence-corrected chi connectivity index (χ3v) is 7.66. The van der Waals surface area contributed by atoms with E-state index in [9.17, 15) is 4.79 Å². The van der Waals surface area contributed by atoms with Crippen molar-refractivity contribution in [3.8, 4) is 0 Å². The average molecular weight is 319 g/mol. The number of carbonyl (C=O) groups excluding carboxylic acids is 1. The van der Waals surface area contributed by atoms with E-state index in [1.54, 1.807) is 0 Å². The van der Waals surface area contributed by atoms with Crippen LogP contribution in [0.4, 0.5) is 0 Å². The number of rotatable bonds is 6. The van der Waals surface area contributed by atoms with Gasteiger partial charge in [-0.25, -0.2) is 0 Å². The van der Waals surface area contributed by atoms with E-state index in [2.05, 4.69) is 6.92 Å². The minimum atomic E-state index is 0.395. The maximum atomic E-state index is 11.1. The number of aldehydes is 1. The van der Waals surface area contributed by atoms with Gasteiger partial charge in [0.2, 0.25) is 0 Å². The van der Waals surface area contributed by atoms with Gasteiger partial charge in [0, 0.05) is 5.92 Å². The van der Waals surface area contributed by atoms with Gasteiger partial charge in [0.15, 0.2) is 0 Å². The van der Waals surface area contributed by atoms with Gasteiger partial charge in [0.25, 0.3) is 0 Å². The first-order valence-corrected chi connectivity index (χ1v) is 10.8. The van der Waals surface area contributed by atoms with Crippen molar-refractivity contribution in [2.24, 2.45) is 35.5 Å².